The Bertz CT molecular complexity index is 154. The van der Waals surface area contributed by atoms with Crippen LogP contribution < -0.4 is 5.32 Å². The Balaban J connectivity index is 2.17. The molecule has 1 rings (SSSR count). The second-order valence-electron chi connectivity index (χ2n) is 3.57. The summed E-state index contributed by atoms with van der Waals surface area (Å²) in [5.74, 6) is 0. The highest BCUT2D eigenvalue weighted by atomic mass is 19.4. The maximum atomic E-state index is 11.9. The van der Waals surface area contributed by atoms with Gasteiger partial charge in [-0.1, -0.05) is 0 Å². The van der Waals surface area contributed by atoms with Crippen molar-refractivity contribution >= 4 is 0 Å². The number of rotatable bonds is 3. The van der Waals surface area contributed by atoms with Gasteiger partial charge in [-0.25, -0.2) is 0 Å². The van der Waals surface area contributed by atoms with Crippen LogP contribution in [0.1, 0.15) is 25.7 Å². The van der Waals surface area contributed by atoms with Crippen molar-refractivity contribution < 1.29 is 23.6 Å². The average Bonchev–Trinajstić information content (AvgIpc) is 2.50. The van der Waals surface area contributed by atoms with E-state index in [0.717, 1.165) is 25.7 Å². The highest BCUT2D eigenvalue weighted by molar-refractivity contribution is 4.66. The predicted molar refractivity (Wildman–Crippen MR) is 41.1 cm³/mol. The van der Waals surface area contributed by atoms with Crippen LogP contribution in [0.5, 0.6) is 0 Å². The van der Waals surface area contributed by atoms with Crippen LogP contribution in [0.15, 0.2) is 0 Å². The van der Waals surface area contributed by atoms with E-state index in [4.69, 9.17) is 5.11 Å². The largest absolute Gasteiger partial charge is 0.419 e. The standard InChI is InChI=1S/C8H14F3NO/c9-8(10,11)7(13)5-12-6-3-1-2-4-6/h6-7,12-13H,1-5H2/p+1/t7-/m0/s1. The summed E-state index contributed by atoms with van der Waals surface area (Å²) in [7, 11) is 0. The van der Waals surface area contributed by atoms with Gasteiger partial charge in [0, 0.05) is 0 Å². The van der Waals surface area contributed by atoms with Crippen molar-refractivity contribution in [2.24, 2.45) is 0 Å². The first-order valence-electron chi connectivity index (χ1n) is 4.58. The van der Waals surface area contributed by atoms with Crippen molar-refractivity contribution in [2.45, 2.75) is 44.0 Å². The van der Waals surface area contributed by atoms with Gasteiger partial charge in [0.25, 0.3) is 0 Å². The van der Waals surface area contributed by atoms with Gasteiger partial charge in [-0.3, -0.25) is 0 Å². The van der Waals surface area contributed by atoms with E-state index in [-0.39, 0.29) is 12.6 Å². The molecule has 0 amide bonds. The molecule has 0 aromatic carbocycles. The molecule has 0 aliphatic heterocycles. The number of aliphatic hydroxyl groups excluding tert-OH is 1. The summed E-state index contributed by atoms with van der Waals surface area (Å²) in [6, 6.07) is 0.289. The van der Waals surface area contributed by atoms with Crippen LogP contribution in [0.3, 0.4) is 0 Å². The molecule has 0 unspecified atom stereocenters. The quantitative estimate of drug-likeness (QED) is 0.677. The Morgan fingerprint density at radius 3 is 2.31 bits per heavy atom. The second kappa shape index (κ2) is 4.28. The number of hydrogen-bond acceptors (Lipinski definition) is 1. The Hall–Kier alpha value is -0.290. The molecule has 0 spiro atoms. The van der Waals surface area contributed by atoms with Gasteiger partial charge in [0.05, 0.1) is 6.04 Å². The third-order valence-electron chi connectivity index (χ3n) is 2.47. The molecule has 1 saturated carbocycles. The molecule has 0 saturated heterocycles. The first-order chi connectivity index (χ1) is 6.00. The van der Waals surface area contributed by atoms with E-state index in [0.29, 0.717) is 0 Å². The van der Waals surface area contributed by atoms with Crippen LogP contribution in [0, 0.1) is 0 Å². The van der Waals surface area contributed by atoms with E-state index < -0.39 is 12.3 Å². The number of halogens is 3. The number of aliphatic hydroxyl groups is 1. The maximum Gasteiger partial charge on any atom is 0.419 e. The molecule has 5 heteroatoms. The van der Waals surface area contributed by atoms with E-state index in [9.17, 15) is 13.2 Å². The van der Waals surface area contributed by atoms with Crippen molar-refractivity contribution in [3.05, 3.63) is 0 Å². The highest BCUT2D eigenvalue weighted by Crippen LogP contribution is 2.19. The fourth-order valence-corrected chi connectivity index (χ4v) is 1.65. The van der Waals surface area contributed by atoms with Crippen molar-refractivity contribution in [2.75, 3.05) is 6.54 Å². The lowest BCUT2D eigenvalue weighted by atomic mass is 10.2. The number of nitrogens with two attached hydrogens (primary N) is 1. The molecule has 0 heterocycles. The van der Waals surface area contributed by atoms with Crippen LogP contribution in [0.2, 0.25) is 0 Å². The van der Waals surface area contributed by atoms with Crippen molar-refractivity contribution in [3.63, 3.8) is 0 Å². The molecule has 1 aliphatic carbocycles. The maximum absolute atomic E-state index is 11.9. The summed E-state index contributed by atoms with van der Waals surface area (Å²) in [5.41, 5.74) is 0. The SMILES string of the molecule is O[C@@H](C[NH2+]C1CCCC1)C(F)(F)F. The molecule has 1 fully saturated rings. The average molecular weight is 198 g/mol. The van der Waals surface area contributed by atoms with Crippen LogP contribution in [-0.4, -0.2) is 30.0 Å². The second-order valence-corrected chi connectivity index (χ2v) is 3.57. The van der Waals surface area contributed by atoms with Crippen LogP contribution in [0.25, 0.3) is 0 Å². The zero-order valence-corrected chi connectivity index (χ0v) is 7.35. The molecule has 0 bridgehead atoms. The summed E-state index contributed by atoms with van der Waals surface area (Å²) < 4.78 is 35.6. The van der Waals surface area contributed by atoms with Crippen LogP contribution >= 0.6 is 0 Å². The minimum atomic E-state index is -4.46. The molecule has 1 aliphatic rings. The summed E-state index contributed by atoms with van der Waals surface area (Å²) >= 11 is 0. The van der Waals surface area contributed by atoms with E-state index in [1.807, 2.05) is 0 Å². The fraction of sp³-hybridized carbons (Fsp3) is 1.00. The summed E-state index contributed by atoms with van der Waals surface area (Å²) in [4.78, 5) is 0. The minimum absolute atomic E-state index is 0.256. The zero-order valence-electron chi connectivity index (χ0n) is 7.35. The summed E-state index contributed by atoms with van der Waals surface area (Å²) in [6.45, 7) is -0.256. The molecular weight excluding hydrogens is 183 g/mol. The number of quaternary nitrogens is 1. The van der Waals surface area contributed by atoms with Crippen LogP contribution in [0.4, 0.5) is 13.2 Å². The lowest BCUT2D eigenvalue weighted by Crippen LogP contribution is -2.91. The summed E-state index contributed by atoms with van der Waals surface area (Å²) in [5, 5.41) is 10.3. The van der Waals surface area contributed by atoms with Crippen molar-refractivity contribution in [1.82, 2.24) is 0 Å². The molecule has 1 atom stereocenters. The summed E-state index contributed by atoms with van der Waals surface area (Å²) in [6.07, 6.45) is -2.48. The first kappa shape index (κ1) is 10.8. The number of hydrogen-bond donors (Lipinski definition) is 2. The minimum Gasteiger partial charge on any atom is -0.379 e. The lowest BCUT2D eigenvalue weighted by molar-refractivity contribution is -0.696. The molecule has 3 N–H and O–H groups in total. The van der Waals surface area contributed by atoms with E-state index in [1.165, 1.54) is 0 Å². The molecule has 0 aromatic rings. The molecule has 0 radical (unpaired) electrons. The smallest absolute Gasteiger partial charge is 0.379 e. The third-order valence-corrected chi connectivity index (χ3v) is 2.47. The molecular formula is C8H15F3NO+. The predicted octanol–water partition coefficient (Wildman–Crippen LogP) is 0.416. The topological polar surface area (TPSA) is 36.8 Å². The van der Waals surface area contributed by atoms with E-state index in [2.05, 4.69) is 0 Å². The Morgan fingerprint density at radius 1 is 1.31 bits per heavy atom. The Labute approximate surface area is 75.1 Å². The molecule has 78 valence electrons. The van der Waals surface area contributed by atoms with Gasteiger partial charge >= 0.3 is 6.18 Å². The monoisotopic (exact) mass is 198 g/mol. The number of alkyl halides is 3. The van der Waals surface area contributed by atoms with Gasteiger partial charge in [0.1, 0.15) is 6.54 Å². The van der Waals surface area contributed by atoms with Crippen molar-refractivity contribution in [1.29, 1.82) is 0 Å². The lowest BCUT2D eigenvalue weighted by Gasteiger charge is -2.15. The highest BCUT2D eigenvalue weighted by Gasteiger charge is 2.40. The van der Waals surface area contributed by atoms with Crippen molar-refractivity contribution in [3.8, 4) is 0 Å². The van der Waals surface area contributed by atoms with Crippen LogP contribution in [-0.2, 0) is 0 Å². The Morgan fingerprint density at radius 2 is 1.85 bits per heavy atom. The van der Waals surface area contributed by atoms with E-state index in [1.54, 1.807) is 5.32 Å². The van der Waals surface area contributed by atoms with Gasteiger partial charge in [0.15, 0.2) is 6.10 Å². The fourth-order valence-electron chi connectivity index (χ4n) is 1.65. The third kappa shape index (κ3) is 3.52. The van der Waals surface area contributed by atoms with Gasteiger partial charge in [-0.15, -0.1) is 0 Å². The van der Waals surface area contributed by atoms with Gasteiger partial charge in [-0.05, 0) is 25.7 Å². The Kier molecular flexibility index (Phi) is 3.55. The normalized spacial score (nSPS) is 22.2. The molecule has 0 aromatic heterocycles. The molecule has 2 nitrogen and oxygen atoms in total. The van der Waals surface area contributed by atoms with Gasteiger partial charge < -0.3 is 10.4 Å². The van der Waals surface area contributed by atoms with E-state index >= 15 is 0 Å². The van der Waals surface area contributed by atoms with Gasteiger partial charge in [-0.2, -0.15) is 13.2 Å². The van der Waals surface area contributed by atoms with Gasteiger partial charge in [0.2, 0.25) is 0 Å². The molecule has 13 heavy (non-hydrogen) atoms. The zero-order chi connectivity index (χ0) is 9.90. The first-order valence-corrected chi connectivity index (χ1v) is 4.58.